The molecule has 0 bridgehead atoms. The summed E-state index contributed by atoms with van der Waals surface area (Å²) in [5.41, 5.74) is 6.53. The van der Waals surface area contributed by atoms with Crippen molar-refractivity contribution in [3.63, 3.8) is 0 Å². The van der Waals surface area contributed by atoms with Gasteiger partial charge in [-0.1, -0.05) is 48.8 Å². The van der Waals surface area contributed by atoms with Crippen LogP contribution in [0.25, 0.3) is 11.3 Å². The number of rotatable bonds is 8. The highest BCUT2D eigenvalue weighted by Gasteiger charge is 2.22. The number of amides is 2. The molecule has 0 aliphatic rings. The van der Waals surface area contributed by atoms with E-state index in [1.165, 1.54) is 7.11 Å². The number of carbonyl (C=O) groups is 2. The summed E-state index contributed by atoms with van der Waals surface area (Å²) in [6.07, 6.45) is 1.94. The van der Waals surface area contributed by atoms with Crippen molar-refractivity contribution in [2.45, 2.75) is 26.7 Å². The Kier molecular flexibility index (Phi) is 7.26. The molecule has 0 atom stereocenters. The number of aromatic nitrogens is 1. The van der Waals surface area contributed by atoms with E-state index < -0.39 is 11.8 Å². The number of carbonyl (C=O) groups excluding carboxylic acids is 2. The van der Waals surface area contributed by atoms with Gasteiger partial charge >= 0.3 is 0 Å². The number of unbranched alkanes of at least 4 members (excludes halogenated alkanes) is 1. The smallest absolute Gasteiger partial charge is 0.275 e. The normalized spacial score (nSPS) is 10.4. The molecule has 0 aliphatic heterocycles. The van der Waals surface area contributed by atoms with Gasteiger partial charge in [-0.25, -0.2) is 0 Å². The molecule has 162 valence electrons. The Morgan fingerprint density at radius 3 is 2.48 bits per heavy atom. The lowest BCUT2D eigenvalue weighted by molar-refractivity contribution is 0.0846. The Bertz CT molecular complexity index is 1050. The first-order chi connectivity index (χ1) is 15.0. The molecule has 0 saturated carbocycles. The number of benzene rings is 2. The van der Waals surface area contributed by atoms with Gasteiger partial charge in [-0.3, -0.25) is 20.4 Å². The summed E-state index contributed by atoms with van der Waals surface area (Å²) in [7, 11) is 1.51. The largest absolute Gasteiger partial charge is 0.493 e. The maximum absolute atomic E-state index is 12.7. The van der Waals surface area contributed by atoms with Crippen LogP contribution < -0.4 is 20.3 Å². The van der Waals surface area contributed by atoms with Crippen molar-refractivity contribution in [1.82, 2.24) is 16.0 Å². The second kappa shape index (κ2) is 10.3. The van der Waals surface area contributed by atoms with Gasteiger partial charge in [0.25, 0.3) is 11.8 Å². The summed E-state index contributed by atoms with van der Waals surface area (Å²) in [4.78, 5) is 25.2. The fourth-order valence-corrected chi connectivity index (χ4v) is 2.94. The molecule has 1 aromatic heterocycles. The van der Waals surface area contributed by atoms with Gasteiger partial charge in [0.2, 0.25) is 0 Å². The van der Waals surface area contributed by atoms with E-state index in [1.54, 1.807) is 25.1 Å². The number of nitrogens with zero attached hydrogens (tertiary/aromatic N) is 1. The first kappa shape index (κ1) is 21.9. The molecule has 8 nitrogen and oxygen atoms in total. The lowest BCUT2D eigenvalue weighted by Gasteiger charge is -2.12. The van der Waals surface area contributed by atoms with E-state index in [2.05, 4.69) is 22.9 Å². The third kappa shape index (κ3) is 5.22. The fraction of sp³-hybridized carbons (Fsp3) is 0.261. The average Bonchev–Trinajstić information content (AvgIpc) is 3.19. The zero-order valence-electron chi connectivity index (χ0n) is 17.7. The molecule has 2 N–H and O–H groups in total. The predicted molar refractivity (Wildman–Crippen MR) is 115 cm³/mol. The van der Waals surface area contributed by atoms with Crippen molar-refractivity contribution in [3.05, 3.63) is 65.4 Å². The molecule has 2 amide bonds. The highest BCUT2D eigenvalue weighted by molar-refractivity contribution is 6.03. The molecule has 0 saturated heterocycles. The van der Waals surface area contributed by atoms with Crippen molar-refractivity contribution in [2.75, 3.05) is 13.7 Å². The minimum absolute atomic E-state index is 0.253. The number of ether oxygens (including phenoxy) is 2. The van der Waals surface area contributed by atoms with Crippen LogP contribution in [0.5, 0.6) is 11.5 Å². The van der Waals surface area contributed by atoms with E-state index in [-0.39, 0.29) is 5.56 Å². The first-order valence-corrected chi connectivity index (χ1v) is 9.98. The van der Waals surface area contributed by atoms with Crippen LogP contribution in [0.1, 0.15) is 46.2 Å². The second-order valence-corrected chi connectivity index (χ2v) is 6.80. The van der Waals surface area contributed by atoms with Crippen molar-refractivity contribution < 1.29 is 23.6 Å². The standard InChI is InChI=1S/C23H25N3O5/c1-4-5-13-30-18-12-11-17(14-19(18)29-3)22(27)24-25-23(28)20-15(2)31-26-21(20)16-9-7-6-8-10-16/h6-12,14H,4-5,13H2,1-3H3,(H,24,27)(H,25,28). The van der Waals surface area contributed by atoms with Crippen LogP contribution >= 0.6 is 0 Å². The molecule has 0 spiro atoms. The summed E-state index contributed by atoms with van der Waals surface area (Å²) >= 11 is 0. The second-order valence-electron chi connectivity index (χ2n) is 6.80. The van der Waals surface area contributed by atoms with E-state index in [1.807, 2.05) is 30.3 Å². The lowest BCUT2D eigenvalue weighted by Crippen LogP contribution is -2.41. The van der Waals surface area contributed by atoms with Crippen LogP contribution in [0, 0.1) is 6.92 Å². The molecule has 2 aromatic carbocycles. The quantitative estimate of drug-likeness (QED) is 0.421. The summed E-state index contributed by atoms with van der Waals surface area (Å²) in [5, 5.41) is 3.98. The van der Waals surface area contributed by atoms with Crippen molar-refractivity contribution in [2.24, 2.45) is 0 Å². The molecule has 1 heterocycles. The highest BCUT2D eigenvalue weighted by atomic mass is 16.5. The molecule has 31 heavy (non-hydrogen) atoms. The Balaban J connectivity index is 1.69. The number of aryl methyl sites for hydroxylation is 1. The van der Waals surface area contributed by atoms with E-state index in [0.29, 0.717) is 35.1 Å². The number of hydrogen-bond acceptors (Lipinski definition) is 6. The summed E-state index contributed by atoms with van der Waals surface area (Å²) in [6.45, 7) is 4.28. The van der Waals surface area contributed by atoms with Gasteiger partial charge in [-0.15, -0.1) is 0 Å². The van der Waals surface area contributed by atoms with Crippen molar-refractivity contribution >= 4 is 11.8 Å². The van der Waals surface area contributed by atoms with Gasteiger partial charge in [0.05, 0.1) is 13.7 Å². The fourth-order valence-electron chi connectivity index (χ4n) is 2.94. The lowest BCUT2D eigenvalue weighted by atomic mass is 10.1. The van der Waals surface area contributed by atoms with Crippen LogP contribution in [0.3, 0.4) is 0 Å². The number of nitrogens with one attached hydrogen (secondary N) is 2. The molecule has 3 rings (SSSR count). The van der Waals surface area contributed by atoms with Crippen LogP contribution in [0.2, 0.25) is 0 Å². The maximum Gasteiger partial charge on any atom is 0.275 e. The minimum Gasteiger partial charge on any atom is -0.493 e. The van der Waals surface area contributed by atoms with Crippen molar-refractivity contribution in [1.29, 1.82) is 0 Å². The molecule has 0 radical (unpaired) electrons. The monoisotopic (exact) mass is 423 g/mol. The Morgan fingerprint density at radius 1 is 1.03 bits per heavy atom. The number of hydrazine groups is 1. The van der Waals surface area contributed by atoms with Gasteiger partial charge in [0.15, 0.2) is 11.5 Å². The van der Waals surface area contributed by atoms with Gasteiger partial charge in [0.1, 0.15) is 17.0 Å². The Labute approximate surface area is 180 Å². The molecule has 0 fully saturated rings. The topological polar surface area (TPSA) is 103 Å². The van der Waals surface area contributed by atoms with Gasteiger partial charge in [-0.05, 0) is 31.5 Å². The van der Waals surface area contributed by atoms with E-state index in [4.69, 9.17) is 14.0 Å². The molecular weight excluding hydrogens is 398 g/mol. The van der Waals surface area contributed by atoms with Gasteiger partial charge in [-0.2, -0.15) is 0 Å². The zero-order valence-corrected chi connectivity index (χ0v) is 17.7. The van der Waals surface area contributed by atoms with Crippen LogP contribution in [0.4, 0.5) is 0 Å². The predicted octanol–water partition coefficient (Wildman–Crippen LogP) is 3.91. The molecule has 3 aromatic rings. The van der Waals surface area contributed by atoms with Gasteiger partial charge in [0, 0.05) is 11.1 Å². The molecular formula is C23H25N3O5. The summed E-state index contributed by atoms with van der Waals surface area (Å²) in [6, 6.07) is 14.0. The van der Waals surface area contributed by atoms with E-state index in [9.17, 15) is 9.59 Å². The highest BCUT2D eigenvalue weighted by Crippen LogP contribution is 2.28. The van der Waals surface area contributed by atoms with Crippen LogP contribution in [0.15, 0.2) is 53.1 Å². The summed E-state index contributed by atoms with van der Waals surface area (Å²) < 4.78 is 16.2. The first-order valence-electron chi connectivity index (χ1n) is 9.98. The van der Waals surface area contributed by atoms with Crippen LogP contribution in [-0.4, -0.2) is 30.7 Å². The average molecular weight is 423 g/mol. The number of hydrogen-bond donors (Lipinski definition) is 2. The van der Waals surface area contributed by atoms with Crippen molar-refractivity contribution in [3.8, 4) is 22.8 Å². The zero-order chi connectivity index (χ0) is 22.2. The van der Waals surface area contributed by atoms with E-state index >= 15 is 0 Å². The minimum atomic E-state index is -0.530. The van der Waals surface area contributed by atoms with Crippen LogP contribution in [-0.2, 0) is 0 Å². The van der Waals surface area contributed by atoms with E-state index in [0.717, 1.165) is 18.4 Å². The summed E-state index contributed by atoms with van der Waals surface area (Å²) in [5.74, 6) is 0.320. The third-order valence-corrected chi connectivity index (χ3v) is 4.61. The van der Waals surface area contributed by atoms with Gasteiger partial charge < -0.3 is 14.0 Å². The SMILES string of the molecule is CCCCOc1ccc(C(=O)NNC(=O)c2c(-c3ccccc3)noc2C)cc1OC. The Hall–Kier alpha value is -3.81. The Morgan fingerprint density at radius 2 is 1.77 bits per heavy atom. The third-order valence-electron chi connectivity index (χ3n) is 4.61. The number of methoxy groups -OCH3 is 1. The molecule has 0 unspecified atom stereocenters. The molecule has 8 heteroatoms. The maximum atomic E-state index is 12.7. The molecule has 0 aliphatic carbocycles.